The van der Waals surface area contributed by atoms with Gasteiger partial charge in [0.2, 0.25) is 0 Å². The molecule has 0 unspecified atom stereocenters. The fourth-order valence-electron chi connectivity index (χ4n) is 2.55. The van der Waals surface area contributed by atoms with Crippen LogP contribution in [0.25, 0.3) is 0 Å². The molecule has 1 aliphatic carbocycles. The molecule has 1 heteroatoms. The normalized spacial score (nSPS) is 25.4. The first-order chi connectivity index (χ1) is 7.70. The van der Waals surface area contributed by atoms with Crippen LogP contribution in [0.5, 0.6) is 0 Å². The fourth-order valence-corrected chi connectivity index (χ4v) is 2.55. The van der Waals surface area contributed by atoms with Crippen LogP contribution in [0.15, 0.2) is 30.9 Å². The number of allylic oxidation sites excluding steroid dienone is 1. The highest BCUT2D eigenvalue weighted by molar-refractivity contribution is 5.26. The molecule has 0 radical (unpaired) electrons. The van der Waals surface area contributed by atoms with Gasteiger partial charge in [-0.15, -0.1) is 6.58 Å². The van der Waals surface area contributed by atoms with Crippen LogP contribution in [0, 0.1) is 18.7 Å². The van der Waals surface area contributed by atoms with Crippen molar-refractivity contribution in [1.29, 1.82) is 0 Å². The highest BCUT2D eigenvalue weighted by Gasteiger charge is 2.20. The lowest BCUT2D eigenvalue weighted by molar-refractivity contribution is 0.375. The monoisotopic (exact) mass is 218 g/mol. The van der Waals surface area contributed by atoms with Crippen molar-refractivity contribution in [3.05, 3.63) is 47.8 Å². The number of aryl methyl sites for hydroxylation is 1. The van der Waals surface area contributed by atoms with Gasteiger partial charge >= 0.3 is 0 Å². The van der Waals surface area contributed by atoms with Crippen molar-refractivity contribution in [1.82, 2.24) is 0 Å². The van der Waals surface area contributed by atoms with E-state index in [-0.39, 0.29) is 5.82 Å². The molecule has 0 N–H and O–H groups in total. The Bertz CT molecular complexity index is 373. The zero-order valence-electron chi connectivity index (χ0n) is 9.88. The number of benzene rings is 1. The summed E-state index contributed by atoms with van der Waals surface area (Å²) in [5, 5.41) is 0. The lowest BCUT2D eigenvalue weighted by Gasteiger charge is -2.27. The van der Waals surface area contributed by atoms with Crippen molar-refractivity contribution in [2.45, 2.75) is 38.5 Å². The summed E-state index contributed by atoms with van der Waals surface area (Å²) in [4.78, 5) is 0. The van der Waals surface area contributed by atoms with E-state index in [1.807, 2.05) is 13.0 Å². The molecule has 0 bridgehead atoms. The maximum Gasteiger partial charge on any atom is 0.126 e. The molecule has 1 aliphatic rings. The molecule has 2 rings (SSSR count). The molecule has 0 spiro atoms. The molecule has 1 aromatic rings. The van der Waals surface area contributed by atoms with Crippen LogP contribution >= 0.6 is 0 Å². The molecule has 1 saturated carbocycles. The summed E-state index contributed by atoms with van der Waals surface area (Å²) >= 11 is 0. The van der Waals surface area contributed by atoms with Gasteiger partial charge < -0.3 is 0 Å². The van der Waals surface area contributed by atoms with Gasteiger partial charge in [-0.3, -0.25) is 0 Å². The van der Waals surface area contributed by atoms with Crippen molar-refractivity contribution in [2.24, 2.45) is 5.92 Å². The summed E-state index contributed by atoms with van der Waals surface area (Å²) in [5.74, 6) is 1.15. The molecule has 86 valence electrons. The van der Waals surface area contributed by atoms with Crippen LogP contribution in [0.3, 0.4) is 0 Å². The lowest BCUT2D eigenvalue weighted by atomic mass is 9.78. The molecule has 0 saturated heterocycles. The highest BCUT2D eigenvalue weighted by Crippen LogP contribution is 2.36. The molecule has 0 aromatic heterocycles. The van der Waals surface area contributed by atoms with E-state index in [9.17, 15) is 4.39 Å². The van der Waals surface area contributed by atoms with E-state index < -0.39 is 0 Å². The van der Waals surface area contributed by atoms with Crippen LogP contribution in [0.2, 0.25) is 0 Å². The number of halogens is 1. The second kappa shape index (κ2) is 4.82. The van der Waals surface area contributed by atoms with Crippen LogP contribution in [0.1, 0.15) is 42.7 Å². The zero-order valence-corrected chi connectivity index (χ0v) is 9.88. The number of rotatable bonds is 2. The Balaban J connectivity index is 2.08. The Morgan fingerprint density at radius 3 is 2.50 bits per heavy atom. The smallest absolute Gasteiger partial charge is 0.126 e. The zero-order chi connectivity index (χ0) is 11.5. The Hall–Kier alpha value is -1.11. The van der Waals surface area contributed by atoms with Crippen LogP contribution < -0.4 is 0 Å². The van der Waals surface area contributed by atoms with Gasteiger partial charge in [-0.25, -0.2) is 4.39 Å². The minimum absolute atomic E-state index is 0.0663. The number of hydrogen-bond acceptors (Lipinski definition) is 0. The highest BCUT2D eigenvalue weighted by atomic mass is 19.1. The predicted molar refractivity (Wildman–Crippen MR) is 66.0 cm³/mol. The molecule has 1 fully saturated rings. The van der Waals surface area contributed by atoms with E-state index in [1.165, 1.54) is 31.2 Å². The first-order valence-corrected chi connectivity index (χ1v) is 6.09. The van der Waals surface area contributed by atoms with Gasteiger partial charge in [-0.05, 0) is 61.6 Å². The molecule has 1 aromatic carbocycles. The summed E-state index contributed by atoms with van der Waals surface area (Å²) in [6.45, 7) is 5.66. The Labute approximate surface area is 97.2 Å². The topological polar surface area (TPSA) is 0 Å². The Morgan fingerprint density at radius 2 is 1.94 bits per heavy atom. The summed E-state index contributed by atoms with van der Waals surface area (Å²) in [7, 11) is 0. The van der Waals surface area contributed by atoms with Crippen LogP contribution in [0.4, 0.5) is 4.39 Å². The van der Waals surface area contributed by atoms with E-state index in [2.05, 4.69) is 18.7 Å². The Kier molecular flexibility index (Phi) is 3.42. The van der Waals surface area contributed by atoms with Crippen LogP contribution in [-0.4, -0.2) is 0 Å². The average Bonchev–Trinajstić information content (AvgIpc) is 2.33. The SMILES string of the molecule is C=CC1CCC(c2ccc(C)c(F)c2)CC1. The lowest BCUT2D eigenvalue weighted by Crippen LogP contribution is -2.11. The quantitative estimate of drug-likeness (QED) is 0.637. The largest absolute Gasteiger partial charge is 0.207 e. The van der Waals surface area contributed by atoms with Crippen molar-refractivity contribution < 1.29 is 4.39 Å². The van der Waals surface area contributed by atoms with E-state index in [0.717, 1.165) is 5.56 Å². The van der Waals surface area contributed by atoms with E-state index in [0.29, 0.717) is 11.8 Å². The van der Waals surface area contributed by atoms with E-state index >= 15 is 0 Å². The molecule has 0 amide bonds. The van der Waals surface area contributed by atoms with Gasteiger partial charge in [0.25, 0.3) is 0 Å². The average molecular weight is 218 g/mol. The maximum absolute atomic E-state index is 13.5. The van der Waals surface area contributed by atoms with Crippen LogP contribution in [-0.2, 0) is 0 Å². The molecular weight excluding hydrogens is 199 g/mol. The van der Waals surface area contributed by atoms with Crippen molar-refractivity contribution >= 4 is 0 Å². The summed E-state index contributed by atoms with van der Waals surface area (Å²) in [6.07, 6.45) is 6.79. The number of hydrogen-bond donors (Lipinski definition) is 0. The molecule has 0 heterocycles. The minimum atomic E-state index is -0.0663. The molecular formula is C15H19F. The third-order valence-corrected chi connectivity index (χ3v) is 3.77. The first-order valence-electron chi connectivity index (χ1n) is 6.09. The molecule has 16 heavy (non-hydrogen) atoms. The minimum Gasteiger partial charge on any atom is -0.207 e. The standard InChI is InChI=1S/C15H19F/c1-3-12-5-8-13(9-6-12)14-7-4-11(2)15(16)10-14/h3-4,7,10,12-13H,1,5-6,8-9H2,2H3. The first kappa shape index (κ1) is 11.4. The van der Waals surface area contributed by atoms with Gasteiger partial charge in [-0.1, -0.05) is 18.2 Å². The third kappa shape index (κ3) is 2.34. The molecule has 0 atom stereocenters. The summed E-state index contributed by atoms with van der Waals surface area (Å²) < 4.78 is 13.5. The summed E-state index contributed by atoms with van der Waals surface area (Å²) in [5.41, 5.74) is 1.91. The predicted octanol–water partition coefficient (Wildman–Crippen LogP) is 4.59. The third-order valence-electron chi connectivity index (χ3n) is 3.77. The van der Waals surface area contributed by atoms with Gasteiger partial charge in [-0.2, -0.15) is 0 Å². The maximum atomic E-state index is 13.5. The van der Waals surface area contributed by atoms with Gasteiger partial charge in [0.05, 0.1) is 0 Å². The second-order valence-electron chi connectivity index (χ2n) is 4.86. The Morgan fingerprint density at radius 1 is 1.25 bits per heavy atom. The van der Waals surface area contributed by atoms with Crippen molar-refractivity contribution in [3.63, 3.8) is 0 Å². The summed E-state index contributed by atoms with van der Waals surface area (Å²) in [6, 6.07) is 5.69. The molecule has 0 nitrogen and oxygen atoms in total. The van der Waals surface area contributed by atoms with Gasteiger partial charge in [0.15, 0.2) is 0 Å². The van der Waals surface area contributed by atoms with E-state index in [1.54, 1.807) is 6.07 Å². The fraction of sp³-hybridized carbons (Fsp3) is 0.467. The second-order valence-corrected chi connectivity index (χ2v) is 4.86. The van der Waals surface area contributed by atoms with Gasteiger partial charge in [0, 0.05) is 0 Å². The van der Waals surface area contributed by atoms with Crippen molar-refractivity contribution in [3.8, 4) is 0 Å². The van der Waals surface area contributed by atoms with Gasteiger partial charge in [0.1, 0.15) is 5.82 Å². The van der Waals surface area contributed by atoms with Crippen molar-refractivity contribution in [2.75, 3.05) is 0 Å². The van der Waals surface area contributed by atoms with E-state index in [4.69, 9.17) is 0 Å². The molecule has 0 aliphatic heterocycles.